The minimum Gasteiger partial charge on any atom is -0.334 e. The molecule has 0 N–H and O–H groups in total. The average Bonchev–Trinajstić information content (AvgIpc) is 3.07. The fourth-order valence-corrected chi connectivity index (χ4v) is 4.95. The molecule has 1 aliphatic carbocycles. The molecule has 2 heterocycles. The van der Waals surface area contributed by atoms with Crippen LogP contribution in [0.15, 0.2) is 15.9 Å². The molecule has 1 aromatic rings. The molecular weight excluding hydrogens is 338 g/mol. The van der Waals surface area contributed by atoms with Crippen LogP contribution in [0.25, 0.3) is 0 Å². The van der Waals surface area contributed by atoms with Gasteiger partial charge in [-0.1, -0.05) is 6.42 Å². The number of amides is 1. The molecule has 2 fully saturated rings. The first-order valence-electron chi connectivity index (χ1n) is 7.25. The van der Waals surface area contributed by atoms with Crippen molar-refractivity contribution in [2.24, 2.45) is 5.92 Å². The van der Waals surface area contributed by atoms with Crippen molar-refractivity contribution in [2.75, 3.05) is 6.54 Å². The molecule has 2 aliphatic rings. The van der Waals surface area contributed by atoms with Gasteiger partial charge in [0.2, 0.25) is 0 Å². The Morgan fingerprint density at radius 2 is 2.15 bits per heavy atom. The lowest BCUT2D eigenvalue weighted by molar-refractivity contribution is -0.126. The van der Waals surface area contributed by atoms with Crippen LogP contribution in [0.3, 0.4) is 0 Å². The van der Waals surface area contributed by atoms with E-state index in [0.717, 1.165) is 48.0 Å². The Hall–Kier alpha value is -0.680. The van der Waals surface area contributed by atoms with Crippen molar-refractivity contribution in [1.82, 2.24) is 4.90 Å². The van der Waals surface area contributed by atoms with Crippen molar-refractivity contribution < 1.29 is 9.59 Å². The number of nitrogens with zero attached hydrogens (tertiary/aromatic N) is 1. The van der Waals surface area contributed by atoms with Crippen LogP contribution in [0.4, 0.5) is 0 Å². The zero-order valence-electron chi connectivity index (χ0n) is 11.3. The summed E-state index contributed by atoms with van der Waals surface area (Å²) in [6.45, 7) is 0.789. The number of halogens is 1. The summed E-state index contributed by atoms with van der Waals surface area (Å²) in [5, 5.41) is 1.92. The average molecular weight is 356 g/mol. The maximum absolute atomic E-state index is 12.7. The van der Waals surface area contributed by atoms with Gasteiger partial charge < -0.3 is 4.90 Å². The second-order valence-electron chi connectivity index (χ2n) is 5.62. The summed E-state index contributed by atoms with van der Waals surface area (Å²) < 4.78 is 0.869. The third-order valence-electron chi connectivity index (χ3n) is 4.44. The van der Waals surface area contributed by atoms with Gasteiger partial charge in [0.1, 0.15) is 10.7 Å². The van der Waals surface area contributed by atoms with Crippen LogP contribution in [0, 0.1) is 5.92 Å². The molecule has 1 aliphatic heterocycles. The number of carbonyl (C=O) groups excluding carboxylic acids is 2. The van der Waals surface area contributed by atoms with E-state index in [9.17, 15) is 9.59 Å². The third-order valence-corrected chi connectivity index (χ3v) is 6.26. The van der Waals surface area contributed by atoms with Gasteiger partial charge in [-0.15, -0.1) is 11.3 Å². The van der Waals surface area contributed by atoms with Gasteiger partial charge in [0.05, 0.1) is 0 Å². The number of likely N-dealkylation sites (tertiary alicyclic amines) is 1. The first kappa shape index (κ1) is 14.3. The van der Waals surface area contributed by atoms with E-state index in [1.54, 1.807) is 0 Å². The second kappa shape index (κ2) is 5.98. The molecule has 0 aromatic carbocycles. The zero-order valence-corrected chi connectivity index (χ0v) is 13.7. The van der Waals surface area contributed by atoms with E-state index in [-0.39, 0.29) is 17.9 Å². The second-order valence-corrected chi connectivity index (χ2v) is 7.39. The van der Waals surface area contributed by atoms with E-state index < -0.39 is 0 Å². The van der Waals surface area contributed by atoms with Crippen LogP contribution in [0.1, 0.15) is 48.2 Å². The number of hydrogen-bond acceptors (Lipinski definition) is 3. The molecular formula is C15H18BrNO2S. The van der Waals surface area contributed by atoms with Crippen LogP contribution < -0.4 is 0 Å². The van der Waals surface area contributed by atoms with Crippen molar-refractivity contribution >= 4 is 39.0 Å². The van der Waals surface area contributed by atoms with Crippen molar-refractivity contribution in [3.05, 3.63) is 20.8 Å². The fraction of sp³-hybridized carbons (Fsp3) is 0.600. The molecule has 1 aromatic heterocycles. The largest absolute Gasteiger partial charge is 0.334 e. The number of Topliss-reactive ketones (excluding diaryl/α,β-unsaturated/α-hetero) is 1. The maximum Gasteiger partial charge on any atom is 0.265 e. The number of hydrogen-bond donors (Lipinski definition) is 0. The smallest absolute Gasteiger partial charge is 0.265 e. The highest BCUT2D eigenvalue weighted by atomic mass is 79.9. The highest BCUT2D eigenvalue weighted by molar-refractivity contribution is 9.10. The first-order chi connectivity index (χ1) is 9.68. The molecule has 1 amide bonds. The van der Waals surface area contributed by atoms with E-state index in [1.165, 1.54) is 11.3 Å². The van der Waals surface area contributed by atoms with Crippen LogP contribution in [0.5, 0.6) is 0 Å². The van der Waals surface area contributed by atoms with Crippen LogP contribution in [0.2, 0.25) is 0 Å². The predicted octanol–water partition coefficient (Wildman–Crippen LogP) is 3.87. The van der Waals surface area contributed by atoms with Gasteiger partial charge in [-0.2, -0.15) is 0 Å². The zero-order chi connectivity index (χ0) is 14.1. The van der Waals surface area contributed by atoms with Gasteiger partial charge in [0.15, 0.2) is 0 Å². The summed E-state index contributed by atoms with van der Waals surface area (Å²) in [4.78, 5) is 27.6. The summed E-state index contributed by atoms with van der Waals surface area (Å²) in [5.41, 5.74) is 0. The van der Waals surface area contributed by atoms with E-state index in [2.05, 4.69) is 15.9 Å². The van der Waals surface area contributed by atoms with Gasteiger partial charge >= 0.3 is 0 Å². The molecule has 20 heavy (non-hydrogen) atoms. The minimum absolute atomic E-state index is 0.0777. The SMILES string of the molecule is O=C1CCCCC1C1CCCN1C(=O)c1sccc1Br. The highest BCUT2D eigenvalue weighted by Crippen LogP contribution is 2.34. The Morgan fingerprint density at radius 3 is 2.85 bits per heavy atom. The van der Waals surface area contributed by atoms with Crippen LogP contribution in [-0.4, -0.2) is 29.2 Å². The molecule has 0 radical (unpaired) electrons. The monoisotopic (exact) mass is 355 g/mol. The molecule has 3 rings (SSSR count). The summed E-state index contributed by atoms with van der Waals surface area (Å²) in [5.74, 6) is 0.535. The number of thiophene rings is 1. The van der Waals surface area contributed by atoms with Gasteiger partial charge in [-0.3, -0.25) is 9.59 Å². The molecule has 1 saturated carbocycles. The molecule has 2 unspecified atom stereocenters. The number of ketones is 1. The molecule has 0 bridgehead atoms. The van der Waals surface area contributed by atoms with Gasteiger partial charge in [-0.05, 0) is 53.1 Å². The summed E-state index contributed by atoms with van der Waals surface area (Å²) >= 11 is 4.91. The molecule has 0 spiro atoms. The lowest BCUT2D eigenvalue weighted by Gasteiger charge is -2.33. The van der Waals surface area contributed by atoms with E-state index >= 15 is 0 Å². The molecule has 1 saturated heterocycles. The Kier molecular flexibility index (Phi) is 4.26. The first-order valence-corrected chi connectivity index (χ1v) is 8.92. The number of rotatable bonds is 2. The molecule has 2 atom stereocenters. The quantitative estimate of drug-likeness (QED) is 0.807. The molecule has 5 heteroatoms. The van der Waals surface area contributed by atoms with Gasteiger partial charge in [0, 0.05) is 29.4 Å². The van der Waals surface area contributed by atoms with Crippen molar-refractivity contribution in [3.63, 3.8) is 0 Å². The van der Waals surface area contributed by atoms with Crippen LogP contribution in [-0.2, 0) is 4.79 Å². The van der Waals surface area contributed by atoms with E-state index in [1.807, 2.05) is 16.3 Å². The Balaban J connectivity index is 1.80. The van der Waals surface area contributed by atoms with Gasteiger partial charge in [0.25, 0.3) is 5.91 Å². The fourth-order valence-electron chi connectivity index (χ4n) is 3.46. The third kappa shape index (κ3) is 2.58. The molecule has 3 nitrogen and oxygen atoms in total. The normalized spacial score (nSPS) is 27.1. The summed E-state index contributed by atoms with van der Waals surface area (Å²) in [6, 6.07) is 2.04. The standard InChI is InChI=1S/C15H18BrNO2S/c16-11-7-9-20-14(11)15(19)17-8-3-5-12(17)10-4-1-2-6-13(10)18/h7,9-10,12H,1-6,8H2. The Bertz CT molecular complexity index is 528. The maximum atomic E-state index is 12.7. The van der Waals surface area contributed by atoms with E-state index in [4.69, 9.17) is 0 Å². The molecule has 108 valence electrons. The highest BCUT2D eigenvalue weighted by Gasteiger charge is 2.39. The van der Waals surface area contributed by atoms with Crippen molar-refractivity contribution in [1.29, 1.82) is 0 Å². The van der Waals surface area contributed by atoms with Crippen molar-refractivity contribution in [3.8, 4) is 0 Å². The van der Waals surface area contributed by atoms with Crippen LogP contribution >= 0.6 is 27.3 Å². The lowest BCUT2D eigenvalue weighted by Crippen LogP contribution is -2.43. The summed E-state index contributed by atoms with van der Waals surface area (Å²) in [7, 11) is 0. The van der Waals surface area contributed by atoms with Gasteiger partial charge in [-0.25, -0.2) is 0 Å². The Morgan fingerprint density at radius 1 is 1.30 bits per heavy atom. The van der Waals surface area contributed by atoms with Crippen molar-refractivity contribution in [2.45, 2.75) is 44.6 Å². The number of carbonyl (C=O) groups is 2. The van der Waals surface area contributed by atoms with E-state index in [0.29, 0.717) is 12.2 Å². The predicted molar refractivity (Wildman–Crippen MR) is 83.0 cm³/mol. The lowest BCUT2D eigenvalue weighted by atomic mass is 9.82. The topological polar surface area (TPSA) is 37.4 Å². The Labute approximate surface area is 131 Å². The minimum atomic E-state index is 0.0777. The summed E-state index contributed by atoms with van der Waals surface area (Å²) in [6.07, 6.45) is 5.79.